The van der Waals surface area contributed by atoms with Gasteiger partial charge in [-0.2, -0.15) is 0 Å². The number of nitrogens with two attached hydrogens (primary N) is 1. The summed E-state index contributed by atoms with van der Waals surface area (Å²) in [5.74, 6) is 0.979. The summed E-state index contributed by atoms with van der Waals surface area (Å²) in [6.45, 7) is 1.16. The molecule has 92 valence electrons. The molecule has 1 aliphatic carbocycles. The van der Waals surface area contributed by atoms with E-state index >= 15 is 0 Å². The fourth-order valence-electron chi connectivity index (χ4n) is 1.46. The molecule has 6 heteroatoms. The number of anilines is 2. The minimum absolute atomic E-state index is 0.142. The van der Waals surface area contributed by atoms with Crippen LogP contribution in [0, 0.1) is 5.92 Å². The molecule has 4 N–H and O–H groups in total. The van der Waals surface area contributed by atoms with Crippen LogP contribution in [0.2, 0.25) is 5.02 Å². The second kappa shape index (κ2) is 5.23. The zero-order valence-electron chi connectivity index (χ0n) is 9.37. The maximum Gasteiger partial charge on any atom is 0.223 e. The maximum atomic E-state index is 11.3. The van der Waals surface area contributed by atoms with Gasteiger partial charge in [0.15, 0.2) is 0 Å². The van der Waals surface area contributed by atoms with Crippen molar-refractivity contribution >= 4 is 29.0 Å². The van der Waals surface area contributed by atoms with Crippen LogP contribution < -0.4 is 16.4 Å². The first-order valence-corrected chi connectivity index (χ1v) is 5.97. The molecule has 2 rings (SSSR count). The van der Waals surface area contributed by atoms with Crippen molar-refractivity contribution in [1.82, 2.24) is 10.3 Å². The van der Waals surface area contributed by atoms with Crippen LogP contribution >= 0.6 is 11.6 Å². The third-order valence-electron chi connectivity index (χ3n) is 2.55. The summed E-state index contributed by atoms with van der Waals surface area (Å²) in [5, 5.41) is 6.40. The Morgan fingerprint density at radius 2 is 2.29 bits per heavy atom. The average Bonchev–Trinajstić information content (AvgIpc) is 3.10. The van der Waals surface area contributed by atoms with Crippen molar-refractivity contribution in [2.24, 2.45) is 5.92 Å². The summed E-state index contributed by atoms with van der Waals surface area (Å²) < 4.78 is 0. The summed E-state index contributed by atoms with van der Waals surface area (Å²) in [5.41, 5.74) is 6.23. The molecule has 0 bridgehead atoms. The molecule has 17 heavy (non-hydrogen) atoms. The van der Waals surface area contributed by atoms with E-state index in [-0.39, 0.29) is 11.8 Å². The monoisotopic (exact) mass is 254 g/mol. The van der Waals surface area contributed by atoms with Crippen LogP contribution in [0.4, 0.5) is 11.5 Å². The van der Waals surface area contributed by atoms with E-state index in [1.165, 1.54) is 6.20 Å². The Balaban J connectivity index is 1.72. The predicted molar refractivity (Wildman–Crippen MR) is 67.9 cm³/mol. The first kappa shape index (κ1) is 12.0. The van der Waals surface area contributed by atoms with E-state index in [1.807, 2.05) is 0 Å². The van der Waals surface area contributed by atoms with Crippen molar-refractivity contribution in [2.75, 3.05) is 24.1 Å². The van der Waals surface area contributed by atoms with Crippen LogP contribution in [0.1, 0.15) is 12.8 Å². The number of nitrogens with one attached hydrogen (secondary N) is 2. The molecule has 1 aromatic rings. The van der Waals surface area contributed by atoms with E-state index in [0.29, 0.717) is 29.6 Å². The summed E-state index contributed by atoms with van der Waals surface area (Å²) in [6.07, 6.45) is 3.57. The van der Waals surface area contributed by atoms with Gasteiger partial charge in [0.2, 0.25) is 5.91 Å². The van der Waals surface area contributed by atoms with Crippen molar-refractivity contribution in [3.05, 3.63) is 17.3 Å². The number of pyridine rings is 1. The van der Waals surface area contributed by atoms with E-state index in [1.54, 1.807) is 6.07 Å². The molecule has 5 nitrogen and oxygen atoms in total. The number of hydrogen-bond donors (Lipinski definition) is 3. The minimum atomic E-state index is 0.142. The summed E-state index contributed by atoms with van der Waals surface area (Å²) in [7, 11) is 0. The topological polar surface area (TPSA) is 80.0 Å². The van der Waals surface area contributed by atoms with Crippen molar-refractivity contribution in [3.8, 4) is 0 Å². The highest BCUT2D eigenvalue weighted by Gasteiger charge is 2.28. The van der Waals surface area contributed by atoms with Gasteiger partial charge in [0.1, 0.15) is 5.82 Å². The van der Waals surface area contributed by atoms with E-state index in [9.17, 15) is 4.79 Å². The molecule has 0 unspecified atom stereocenters. The molecule has 1 fully saturated rings. The van der Waals surface area contributed by atoms with Crippen LogP contribution in [0.3, 0.4) is 0 Å². The number of amides is 1. The predicted octanol–water partition coefficient (Wildman–Crippen LogP) is 1.26. The van der Waals surface area contributed by atoms with Gasteiger partial charge in [0.05, 0.1) is 10.7 Å². The highest BCUT2D eigenvalue weighted by atomic mass is 35.5. The van der Waals surface area contributed by atoms with Gasteiger partial charge < -0.3 is 16.4 Å². The van der Waals surface area contributed by atoms with Crippen molar-refractivity contribution in [2.45, 2.75) is 12.8 Å². The molecule has 1 heterocycles. The largest absolute Gasteiger partial charge is 0.396 e. The van der Waals surface area contributed by atoms with Crippen LogP contribution in [0.5, 0.6) is 0 Å². The fraction of sp³-hybridized carbons (Fsp3) is 0.455. The molecular weight excluding hydrogens is 240 g/mol. The Kier molecular flexibility index (Phi) is 3.68. The SMILES string of the molecule is Nc1cc(Cl)cnc1NCCNC(=O)C1CC1. The van der Waals surface area contributed by atoms with Crippen LogP contribution in [0.25, 0.3) is 0 Å². The number of nitrogen functional groups attached to an aromatic ring is 1. The minimum Gasteiger partial charge on any atom is -0.396 e. The quantitative estimate of drug-likeness (QED) is 0.691. The van der Waals surface area contributed by atoms with Gasteiger partial charge in [-0.25, -0.2) is 4.98 Å². The van der Waals surface area contributed by atoms with Gasteiger partial charge in [0.25, 0.3) is 0 Å². The van der Waals surface area contributed by atoms with Gasteiger partial charge in [-0.15, -0.1) is 0 Å². The molecule has 0 spiro atoms. The van der Waals surface area contributed by atoms with E-state index in [2.05, 4.69) is 15.6 Å². The van der Waals surface area contributed by atoms with Crippen LogP contribution in [-0.2, 0) is 4.79 Å². The van der Waals surface area contributed by atoms with Gasteiger partial charge in [-0.1, -0.05) is 11.6 Å². The van der Waals surface area contributed by atoms with Gasteiger partial charge in [-0.05, 0) is 18.9 Å². The van der Waals surface area contributed by atoms with E-state index < -0.39 is 0 Å². The molecule has 0 radical (unpaired) electrons. The Labute approximate surface area is 105 Å². The highest BCUT2D eigenvalue weighted by Crippen LogP contribution is 2.28. The van der Waals surface area contributed by atoms with Crippen molar-refractivity contribution < 1.29 is 4.79 Å². The van der Waals surface area contributed by atoms with Crippen molar-refractivity contribution in [3.63, 3.8) is 0 Å². The first-order valence-electron chi connectivity index (χ1n) is 5.59. The smallest absolute Gasteiger partial charge is 0.223 e. The molecule has 0 saturated heterocycles. The van der Waals surface area contributed by atoms with E-state index in [0.717, 1.165) is 12.8 Å². The standard InChI is InChI=1S/C11H15ClN4O/c12-8-5-9(13)10(16-6-8)14-3-4-15-11(17)7-1-2-7/h5-7H,1-4,13H2,(H,14,16)(H,15,17). The molecule has 1 aliphatic rings. The zero-order valence-corrected chi connectivity index (χ0v) is 10.1. The van der Waals surface area contributed by atoms with Crippen molar-refractivity contribution in [1.29, 1.82) is 0 Å². The van der Waals surface area contributed by atoms with Gasteiger partial charge in [0, 0.05) is 25.2 Å². The lowest BCUT2D eigenvalue weighted by atomic mass is 10.4. The normalized spacial score (nSPS) is 14.4. The Bertz CT molecular complexity index is 420. The number of carbonyl (C=O) groups is 1. The summed E-state index contributed by atoms with van der Waals surface area (Å²) in [6, 6.07) is 1.64. The summed E-state index contributed by atoms with van der Waals surface area (Å²) >= 11 is 5.73. The second-order valence-electron chi connectivity index (χ2n) is 4.08. The van der Waals surface area contributed by atoms with Gasteiger partial charge in [-0.3, -0.25) is 4.79 Å². The van der Waals surface area contributed by atoms with E-state index in [4.69, 9.17) is 17.3 Å². The number of carbonyl (C=O) groups excluding carboxylic acids is 1. The number of rotatable bonds is 5. The lowest BCUT2D eigenvalue weighted by molar-refractivity contribution is -0.122. The molecular formula is C11H15ClN4O. The number of halogens is 1. The third kappa shape index (κ3) is 3.49. The van der Waals surface area contributed by atoms with Crippen LogP contribution in [-0.4, -0.2) is 24.0 Å². The zero-order chi connectivity index (χ0) is 12.3. The molecule has 1 saturated carbocycles. The Hall–Kier alpha value is -1.49. The lowest BCUT2D eigenvalue weighted by Gasteiger charge is -2.09. The Morgan fingerprint density at radius 3 is 2.94 bits per heavy atom. The molecule has 0 aliphatic heterocycles. The molecule has 0 atom stereocenters. The number of hydrogen-bond acceptors (Lipinski definition) is 4. The first-order chi connectivity index (χ1) is 8.16. The molecule has 0 aromatic carbocycles. The second-order valence-corrected chi connectivity index (χ2v) is 4.52. The molecule has 1 aromatic heterocycles. The van der Waals surface area contributed by atoms with Crippen LogP contribution in [0.15, 0.2) is 12.3 Å². The maximum absolute atomic E-state index is 11.3. The average molecular weight is 255 g/mol. The fourth-order valence-corrected chi connectivity index (χ4v) is 1.63. The third-order valence-corrected chi connectivity index (χ3v) is 2.76. The lowest BCUT2D eigenvalue weighted by Crippen LogP contribution is -2.30. The highest BCUT2D eigenvalue weighted by molar-refractivity contribution is 6.30. The molecule has 1 amide bonds. The number of aromatic nitrogens is 1. The Morgan fingerprint density at radius 1 is 1.53 bits per heavy atom. The summed E-state index contributed by atoms with van der Waals surface area (Å²) in [4.78, 5) is 15.4. The number of nitrogens with zero attached hydrogens (tertiary/aromatic N) is 1. The van der Waals surface area contributed by atoms with Gasteiger partial charge >= 0.3 is 0 Å².